The molecule has 1 heterocycles. The van der Waals surface area contributed by atoms with Gasteiger partial charge in [0, 0.05) is 0 Å². The highest BCUT2D eigenvalue weighted by Gasteiger charge is 2.35. The second-order valence-electron chi connectivity index (χ2n) is 2.68. The average molecular weight is 273 g/mol. The highest BCUT2D eigenvalue weighted by atomic mass is 35.5. The van der Waals surface area contributed by atoms with Crippen molar-refractivity contribution < 1.29 is 13.2 Å². The Morgan fingerprint density at radius 2 is 1.73 bits per heavy atom. The topological polar surface area (TPSA) is 25.8 Å². The predicted octanol–water partition coefficient (Wildman–Crippen LogP) is 4.02. The molecule has 80 valence electrons. The SMILES string of the molecule is FC(F)(F)c1cc(Cl)c2nsnc2c1Cl. The van der Waals surface area contributed by atoms with Gasteiger partial charge in [-0.15, -0.1) is 0 Å². The van der Waals surface area contributed by atoms with Crippen molar-refractivity contribution in [2.24, 2.45) is 0 Å². The van der Waals surface area contributed by atoms with E-state index in [0.29, 0.717) is 0 Å². The molecule has 0 bridgehead atoms. The Bertz CT molecular complexity index is 523. The first kappa shape index (κ1) is 10.9. The van der Waals surface area contributed by atoms with Crippen LogP contribution in [0.3, 0.4) is 0 Å². The zero-order chi connectivity index (χ0) is 11.2. The summed E-state index contributed by atoms with van der Waals surface area (Å²) in [5, 5.41) is -0.564. The number of hydrogen-bond donors (Lipinski definition) is 0. The summed E-state index contributed by atoms with van der Waals surface area (Å²) >= 11 is 12.0. The minimum atomic E-state index is -4.54. The highest BCUT2D eigenvalue weighted by molar-refractivity contribution is 7.00. The minimum absolute atomic E-state index is 0.0125. The summed E-state index contributed by atoms with van der Waals surface area (Å²) in [6, 6.07) is 0.758. The van der Waals surface area contributed by atoms with Gasteiger partial charge in [-0.3, -0.25) is 0 Å². The lowest BCUT2D eigenvalue weighted by Crippen LogP contribution is -2.06. The third kappa shape index (κ3) is 1.77. The van der Waals surface area contributed by atoms with E-state index in [9.17, 15) is 13.2 Å². The first-order valence-corrected chi connectivity index (χ1v) is 5.07. The number of nitrogens with zero attached hydrogens (tertiary/aromatic N) is 2. The number of halogens is 5. The molecule has 0 aliphatic carbocycles. The molecule has 0 saturated carbocycles. The molecule has 15 heavy (non-hydrogen) atoms. The van der Waals surface area contributed by atoms with Crippen LogP contribution >= 0.6 is 34.9 Å². The van der Waals surface area contributed by atoms with E-state index in [1.807, 2.05) is 0 Å². The van der Waals surface area contributed by atoms with E-state index in [0.717, 1.165) is 17.8 Å². The number of fused-ring (bicyclic) bond motifs is 1. The summed E-state index contributed by atoms with van der Waals surface area (Å²) in [6.07, 6.45) is -4.54. The summed E-state index contributed by atoms with van der Waals surface area (Å²) in [5.41, 5.74) is -0.810. The Hall–Kier alpha value is -0.590. The van der Waals surface area contributed by atoms with Gasteiger partial charge in [-0.2, -0.15) is 21.9 Å². The van der Waals surface area contributed by atoms with Crippen LogP contribution in [-0.4, -0.2) is 8.75 Å². The molecule has 0 unspecified atom stereocenters. The molecule has 0 radical (unpaired) electrons. The molecule has 1 aromatic carbocycles. The van der Waals surface area contributed by atoms with Crippen LogP contribution in [0.25, 0.3) is 11.0 Å². The van der Waals surface area contributed by atoms with Gasteiger partial charge in [0.2, 0.25) is 0 Å². The standard InChI is InChI=1S/C7HCl2F3N2S/c8-3-1-2(7(10,11)12)4(9)6-5(3)13-15-14-6/h1H. The van der Waals surface area contributed by atoms with Crippen LogP contribution in [0.5, 0.6) is 0 Å². The lowest BCUT2D eigenvalue weighted by atomic mass is 10.2. The van der Waals surface area contributed by atoms with Gasteiger partial charge < -0.3 is 0 Å². The first-order valence-electron chi connectivity index (χ1n) is 3.58. The van der Waals surface area contributed by atoms with Crippen LogP contribution in [-0.2, 0) is 6.18 Å². The fourth-order valence-electron chi connectivity index (χ4n) is 1.08. The Balaban J connectivity index is 2.83. The number of rotatable bonds is 0. The lowest BCUT2D eigenvalue weighted by molar-refractivity contribution is -0.137. The van der Waals surface area contributed by atoms with Crippen LogP contribution in [0.4, 0.5) is 13.2 Å². The molecule has 0 amide bonds. The van der Waals surface area contributed by atoms with E-state index in [-0.39, 0.29) is 16.1 Å². The fourth-order valence-corrected chi connectivity index (χ4v) is 2.28. The first-order chi connectivity index (χ1) is 6.91. The van der Waals surface area contributed by atoms with Crippen LogP contribution in [0.1, 0.15) is 5.56 Å². The second-order valence-corrected chi connectivity index (χ2v) is 3.99. The van der Waals surface area contributed by atoms with Gasteiger partial charge in [-0.05, 0) is 6.07 Å². The van der Waals surface area contributed by atoms with Crippen molar-refractivity contribution in [2.45, 2.75) is 6.18 Å². The quantitative estimate of drug-likeness (QED) is 0.724. The molecular formula is C7HCl2F3N2S. The van der Waals surface area contributed by atoms with E-state index in [1.165, 1.54) is 0 Å². The molecule has 0 aliphatic rings. The van der Waals surface area contributed by atoms with E-state index in [1.54, 1.807) is 0 Å². The van der Waals surface area contributed by atoms with Crippen LogP contribution in [0, 0.1) is 0 Å². The van der Waals surface area contributed by atoms with Gasteiger partial charge in [-0.25, -0.2) is 0 Å². The van der Waals surface area contributed by atoms with Crippen molar-refractivity contribution in [3.8, 4) is 0 Å². The number of aromatic nitrogens is 2. The van der Waals surface area contributed by atoms with Crippen molar-refractivity contribution in [1.82, 2.24) is 8.75 Å². The smallest absolute Gasteiger partial charge is 0.171 e. The fraction of sp³-hybridized carbons (Fsp3) is 0.143. The lowest BCUT2D eigenvalue weighted by Gasteiger charge is -2.09. The number of hydrogen-bond acceptors (Lipinski definition) is 3. The molecule has 2 rings (SSSR count). The molecule has 0 spiro atoms. The van der Waals surface area contributed by atoms with Crippen molar-refractivity contribution >= 4 is 46.0 Å². The summed E-state index contributed by atoms with van der Waals surface area (Å²) in [6.45, 7) is 0. The van der Waals surface area contributed by atoms with Gasteiger partial charge in [0.15, 0.2) is 0 Å². The molecule has 0 atom stereocenters. The molecule has 0 aliphatic heterocycles. The molecule has 1 aromatic heterocycles. The maximum atomic E-state index is 12.5. The Labute approximate surface area is 95.9 Å². The van der Waals surface area contributed by atoms with Crippen LogP contribution < -0.4 is 0 Å². The second kappa shape index (κ2) is 3.47. The predicted molar refractivity (Wildman–Crippen MR) is 52.4 cm³/mol. The van der Waals surface area contributed by atoms with E-state index >= 15 is 0 Å². The van der Waals surface area contributed by atoms with E-state index in [2.05, 4.69) is 8.75 Å². The van der Waals surface area contributed by atoms with E-state index in [4.69, 9.17) is 23.2 Å². The molecule has 2 aromatic rings. The summed E-state index contributed by atoms with van der Waals surface area (Å²) < 4.78 is 44.8. The molecule has 2 nitrogen and oxygen atoms in total. The summed E-state index contributed by atoms with van der Waals surface area (Å²) in [5.74, 6) is 0. The molecule has 0 N–H and O–H groups in total. The van der Waals surface area contributed by atoms with E-state index < -0.39 is 16.8 Å². The van der Waals surface area contributed by atoms with Gasteiger partial charge in [-0.1, -0.05) is 23.2 Å². The molecule has 0 fully saturated rings. The molecule has 0 saturated heterocycles. The number of benzene rings is 1. The summed E-state index contributed by atoms with van der Waals surface area (Å²) in [7, 11) is 0. The Kier molecular flexibility index (Phi) is 2.52. The Morgan fingerprint density at radius 1 is 1.13 bits per heavy atom. The summed E-state index contributed by atoms with van der Waals surface area (Å²) in [4.78, 5) is 0. The minimum Gasteiger partial charge on any atom is -0.171 e. The van der Waals surface area contributed by atoms with Gasteiger partial charge in [0.1, 0.15) is 11.0 Å². The molecular weight excluding hydrogens is 272 g/mol. The zero-order valence-electron chi connectivity index (χ0n) is 6.77. The van der Waals surface area contributed by atoms with Crippen molar-refractivity contribution in [1.29, 1.82) is 0 Å². The van der Waals surface area contributed by atoms with Gasteiger partial charge in [0.05, 0.1) is 27.3 Å². The average Bonchev–Trinajstić information content (AvgIpc) is 2.58. The Morgan fingerprint density at radius 3 is 2.33 bits per heavy atom. The van der Waals surface area contributed by atoms with Crippen molar-refractivity contribution in [3.05, 3.63) is 21.7 Å². The third-order valence-corrected chi connectivity index (χ3v) is 2.93. The maximum absolute atomic E-state index is 12.5. The highest BCUT2D eigenvalue weighted by Crippen LogP contribution is 2.40. The molecule has 8 heteroatoms. The van der Waals surface area contributed by atoms with Crippen molar-refractivity contribution in [3.63, 3.8) is 0 Å². The van der Waals surface area contributed by atoms with Gasteiger partial charge in [0.25, 0.3) is 0 Å². The van der Waals surface area contributed by atoms with Crippen molar-refractivity contribution in [2.75, 3.05) is 0 Å². The van der Waals surface area contributed by atoms with Crippen LogP contribution in [0.15, 0.2) is 6.07 Å². The normalized spacial score (nSPS) is 12.3. The maximum Gasteiger partial charge on any atom is 0.417 e. The third-order valence-electron chi connectivity index (χ3n) is 1.74. The number of alkyl halides is 3. The van der Waals surface area contributed by atoms with Crippen LogP contribution in [0.2, 0.25) is 10.0 Å². The monoisotopic (exact) mass is 272 g/mol. The zero-order valence-corrected chi connectivity index (χ0v) is 9.10. The van der Waals surface area contributed by atoms with Gasteiger partial charge >= 0.3 is 6.18 Å². The largest absolute Gasteiger partial charge is 0.417 e.